The van der Waals surface area contributed by atoms with Crippen molar-refractivity contribution in [3.63, 3.8) is 0 Å². The van der Waals surface area contributed by atoms with Gasteiger partial charge in [0.2, 0.25) is 5.72 Å². The molecule has 40 heavy (non-hydrogen) atoms. The molecule has 0 saturated heterocycles. The van der Waals surface area contributed by atoms with E-state index >= 15 is 0 Å². The number of quaternary nitrogens is 1. The van der Waals surface area contributed by atoms with E-state index in [1.807, 2.05) is 21.1 Å². The van der Waals surface area contributed by atoms with Crippen molar-refractivity contribution in [3.8, 4) is 0 Å². The molecule has 0 aromatic rings. The van der Waals surface area contributed by atoms with E-state index in [1.54, 1.807) is 0 Å². The maximum Gasteiger partial charge on any atom is 0.226 e. The largest absolute Gasteiger partial charge is 0.364 e. The first-order chi connectivity index (χ1) is 18.6. The Balaban J connectivity index is 1.48. The standard InChI is InChI=1S/C36H65N2O2/c1-10-12-32(38(7,8)9)36(37,40)33(39)26-19-21-34(5)27(23-26)15-16-28-30-18-17-29(25(4)14-11-13-24(2)3)35(30,6)22-20-31(28)34/h15,24-26,28-32,40H,10-14,16-23,37H2,1-9H3/q+1/t25-,26+,28+,29-,30+,31+,32?,34+,35-,36?/m1/s1. The van der Waals surface area contributed by atoms with Gasteiger partial charge in [0.15, 0.2) is 5.78 Å². The Bertz CT molecular complexity index is 932. The minimum absolute atomic E-state index is 0.120. The third-order valence-electron chi connectivity index (χ3n) is 13.1. The SMILES string of the molecule is CCCC(C(N)(O)C(=O)[C@H]1CC[C@@]2(C)C(=CC[C@H]3[C@@H]4CC[C@H]([C@H](C)CCCC(C)C)[C@@]4(C)CC[C@@H]32)C1)[N+](C)(C)C. The van der Waals surface area contributed by atoms with Crippen LogP contribution in [0.4, 0.5) is 0 Å². The van der Waals surface area contributed by atoms with Gasteiger partial charge in [-0.05, 0) is 97.7 Å². The average Bonchev–Trinajstić information content (AvgIpc) is 3.22. The first-order valence-corrected chi connectivity index (χ1v) is 17.1. The second kappa shape index (κ2) is 11.8. The molecule has 4 heteroatoms. The second-order valence-corrected chi connectivity index (χ2v) is 16.8. The number of fused-ring (bicyclic) bond motifs is 5. The molecule has 0 bridgehead atoms. The van der Waals surface area contributed by atoms with E-state index in [0.29, 0.717) is 9.90 Å². The third-order valence-corrected chi connectivity index (χ3v) is 13.1. The predicted molar refractivity (Wildman–Crippen MR) is 167 cm³/mol. The van der Waals surface area contributed by atoms with Crippen LogP contribution in [0.1, 0.15) is 125 Å². The molecular formula is C36H65N2O2+. The van der Waals surface area contributed by atoms with Crippen molar-refractivity contribution >= 4 is 5.78 Å². The number of hydrogen-bond donors (Lipinski definition) is 2. The maximum atomic E-state index is 13.8. The van der Waals surface area contributed by atoms with Crippen molar-refractivity contribution in [2.75, 3.05) is 21.1 Å². The second-order valence-electron chi connectivity index (χ2n) is 16.8. The monoisotopic (exact) mass is 558 g/mol. The molecule has 10 atom stereocenters. The van der Waals surface area contributed by atoms with Crippen molar-refractivity contribution in [2.24, 2.45) is 58.0 Å². The highest BCUT2D eigenvalue weighted by Crippen LogP contribution is 2.67. The molecule has 3 N–H and O–H groups in total. The Kier molecular flexibility index (Phi) is 9.47. The zero-order valence-electron chi connectivity index (χ0n) is 27.8. The molecule has 230 valence electrons. The number of likely N-dealkylation sites (N-methyl/N-ethyl adjacent to an activating group) is 1. The lowest BCUT2D eigenvalue weighted by molar-refractivity contribution is -0.902. The predicted octanol–water partition coefficient (Wildman–Crippen LogP) is 7.74. The van der Waals surface area contributed by atoms with Crippen molar-refractivity contribution in [2.45, 2.75) is 137 Å². The highest BCUT2D eigenvalue weighted by molar-refractivity contribution is 5.89. The molecule has 3 saturated carbocycles. The van der Waals surface area contributed by atoms with Crippen LogP contribution in [0.25, 0.3) is 0 Å². The van der Waals surface area contributed by atoms with Crippen molar-refractivity contribution in [3.05, 3.63) is 11.6 Å². The van der Waals surface area contributed by atoms with Crippen LogP contribution in [0.5, 0.6) is 0 Å². The van der Waals surface area contributed by atoms with E-state index in [4.69, 9.17) is 5.73 Å². The van der Waals surface area contributed by atoms with Crippen LogP contribution in [0.15, 0.2) is 11.6 Å². The number of carbonyl (C=O) groups is 1. The molecule has 4 aliphatic rings. The quantitative estimate of drug-likeness (QED) is 0.155. The van der Waals surface area contributed by atoms with Crippen LogP contribution in [-0.4, -0.2) is 48.3 Å². The summed E-state index contributed by atoms with van der Waals surface area (Å²) in [6, 6.07) is -0.290. The fourth-order valence-corrected chi connectivity index (χ4v) is 10.9. The summed E-state index contributed by atoms with van der Waals surface area (Å²) < 4.78 is 0.501. The molecule has 4 rings (SSSR count). The van der Waals surface area contributed by atoms with E-state index in [-0.39, 0.29) is 23.2 Å². The van der Waals surface area contributed by atoms with Crippen LogP contribution >= 0.6 is 0 Å². The van der Waals surface area contributed by atoms with Gasteiger partial charge in [-0.1, -0.05) is 78.9 Å². The zero-order valence-corrected chi connectivity index (χ0v) is 27.8. The molecule has 4 nitrogen and oxygen atoms in total. The molecule has 0 aromatic heterocycles. The van der Waals surface area contributed by atoms with E-state index in [9.17, 15) is 9.90 Å². The zero-order chi connectivity index (χ0) is 29.7. The van der Waals surface area contributed by atoms with Crippen molar-refractivity contribution in [1.29, 1.82) is 0 Å². The fourth-order valence-electron chi connectivity index (χ4n) is 10.9. The van der Waals surface area contributed by atoms with E-state index in [2.05, 4.69) is 47.6 Å². The summed E-state index contributed by atoms with van der Waals surface area (Å²) in [4.78, 5) is 13.8. The molecule has 0 heterocycles. The van der Waals surface area contributed by atoms with Gasteiger partial charge in [0.1, 0.15) is 6.04 Å². The summed E-state index contributed by atoms with van der Waals surface area (Å²) >= 11 is 0. The van der Waals surface area contributed by atoms with Crippen LogP contribution in [0, 0.1) is 52.3 Å². The van der Waals surface area contributed by atoms with Gasteiger partial charge in [0, 0.05) is 12.3 Å². The summed E-state index contributed by atoms with van der Waals surface area (Å²) in [6.45, 7) is 14.6. The third kappa shape index (κ3) is 5.77. The molecule has 0 amide bonds. The van der Waals surface area contributed by atoms with Crippen LogP contribution in [0.3, 0.4) is 0 Å². The summed E-state index contributed by atoms with van der Waals surface area (Å²) in [7, 11) is 6.14. The van der Waals surface area contributed by atoms with Gasteiger partial charge in [0.25, 0.3) is 0 Å². The fraction of sp³-hybridized carbons (Fsp3) is 0.917. The Morgan fingerprint density at radius 3 is 2.38 bits per heavy atom. The molecule has 4 aliphatic carbocycles. The molecule has 0 aromatic carbocycles. The number of Topliss-reactive ketones (excluding diaryl/α,β-unsaturated/α-hetero) is 1. The molecule has 3 fully saturated rings. The smallest absolute Gasteiger partial charge is 0.226 e. The lowest BCUT2D eigenvalue weighted by atomic mass is 9.46. The van der Waals surface area contributed by atoms with Crippen molar-refractivity contribution in [1.82, 2.24) is 0 Å². The summed E-state index contributed by atoms with van der Waals surface area (Å²) in [5, 5.41) is 11.5. The minimum Gasteiger partial charge on any atom is -0.364 e. The lowest BCUT2D eigenvalue weighted by Gasteiger charge is -2.58. The summed E-state index contributed by atoms with van der Waals surface area (Å²) in [5.41, 5.74) is 6.98. The summed E-state index contributed by atoms with van der Waals surface area (Å²) in [5.74, 6) is 4.66. The Morgan fingerprint density at radius 1 is 1.05 bits per heavy atom. The highest BCUT2D eigenvalue weighted by atomic mass is 16.3. The number of hydrogen-bond acceptors (Lipinski definition) is 3. The topological polar surface area (TPSA) is 63.3 Å². The molecule has 0 spiro atoms. The number of nitrogens with zero attached hydrogens (tertiary/aromatic N) is 1. The minimum atomic E-state index is -1.78. The van der Waals surface area contributed by atoms with Gasteiger partial charge < -0.3 is 9.59 Å². The van der Waals surface area contributed by atoms with Gasteiger partial charge in [-0.3, -0.25) is 10.5 Å². The van der Waals surface area contributed by atoms with E-state index < -0.39 is 5.72 Å². The normalized spacial score (nSPS) is 39.0. The van der Waals surface area contributed by atoms with Crippen LogP contribution < -0.4 is 5.73 Å². The van der Waals surface area contributed by atoms with Gasteiger partial charge in [0.05, 0.1) is 21.1 Å². The number of ketones is 1. The molecule has 0 radical (unpaired) electrons. The van der Waals surface area contributed by atoms with Gasteiger partial charge in [-0.2, -0.15) is 0 Å². The molecule has 0 aliphatic heterocycles. The summed E-state index contributed by atoms with van der Waals surface area (Å²) in [6.07, 6.45) is 17.9. The first-order valence-electron chi connectivity index (χ1n) is 17.1. The molecule has 2 unspecified atom stereocenters. The van der Waals surface area contributed by atoms with Crippen LogP contribution in [-0.2, 0) is 4.79 Å². The average molecular weight is 558 g/mol. The Hall–Kier alpha value is -0.710. The van der Waals surface area contributed by atoms with E-state index in [0.717, 1.165) is 67.6 Å². The van der Waals surface area contributed by atoms with E-state index in [1.165, 1.54) is 56.9 Å². The van der Waals surface area contributed by atoms with Crippen molar-refractivity contribution < 1.29 is 14.4 Å². The highest BCUT2D eigenvalue weighted by Gasteiger charge is 2.60. The number of carbonyl (C=O) groups excluding carboxylic acids is 1. The van der Waals surface area contributed by atoms with Gasteiger partial charge in [-0.15, -0.1) is 0 Å². The number of allylic oxidation sites excluding steroid dienone is 2. The molecular weight excluding hydrogens is 492 g/mol. The maximum absolute atomic E-state index is 13.8. The van der Waals surface area contributed by atoms with Gasteiger partial charge in [-0.25, -0.2) is 0 Å². The number of nitrogens with two attached hydrogens (primary N) is 1. The van der Waals surface area contributed by atoms with Gasteiger partial charge >= 0.3 is 0 Å². The lowest BCUT2D eigenvalue weighted by Crippen LogP contribution is -2.68. The Labute approximate surface area is 247 Å². The number of rotatable bonds is 11. The Morgan fingerprint density at radius 2 is 1.75 bits per heavy atom. The number of aliphatic hydroxyl groups is 1. The first kappa shape index (κ1) is 32.2. The van der Waals surface area contributed by atoms with Crippen LogP contribution in [0.2, 0.25) is 0 Å².